The Morgan fingerprint density at radius 2 is 2.04 bits per heavy atom. The van der Waals surface area contributed by atoms with E-state index in [4.69, 9.17) is 15.2 Å². The zero-order valence-corrected chi connectivity index (χ0v) is 17.5. The van der Waals surface area contributed by atoms with Crippen molar-refractivity contribution in [2.75, 3.05) is 26.8 Å². The monoisotopic (exact) mass is 434 g/mol. The van der Waals surface area contributed by atoms with Crippen molar-refractivity contribution in [2.24, 2.45) is 11.7 Å². The van der Waals surface area contributed by atoms with Crippen LogP contribution in [0.5, 0.6) is 11.5 Å². The zero-order valence-electron chi connectivity index (χ0n) is 15.1. The van der Waals surface area contributed by atoms with Gasteiger partial charge in [-0.05, 0) is 60.2 Å². The molecule has 1 aliphatic rings. The standard InChI is InChI=1S/C18H27BrN2O3.ClH/c1-4-9-24-17-15(19)10-14(11-16(17)23-3)18(22)21-7-5-13(6-8-21)12(2)20;/h10-13H,4-9,20H2,1-3H3;1H. The molecule has 1 amide bonds. The van der Waals surface area contributed by atoms with Crippen LogP contribution in [0.25, 0.3) is 0 Å². The maximum atomic E-state index is 12.8. The number of ether oxygens (including phenoxy) is 2. The van der Waals surface area contributed by atoms with Crippen LogP contribution in [0.3, 0.4) is 0 Å². The molecule has 2 rings (SSSR count). The summed E-state index contributed by atoms with van der Waals surface area (Å²) in [5.41, 5.74) is 6.59. The van der Waals surface area contributed by atoms with E-state index in [1.54, 1.807) is 13.2 Å². The highest BCUT2D eigenvalue weighted by Crippen LogP contribution is 2.37. The number of benzene rings is 1. The molecule has 1 atom stereocenters. The molecule has 0 radical (unpaired) electrons. The van der Waals surface area contributed by atoms with Gasteiger partial charge in [0.1, 0.15) is 0 Å². The molecule has 1 heterocycles. The maximum Gasteiger partial charge on any atom is 0.254 e. The molecule has 1 aliphatic heterocycles. The van der Waals surface area contributed by atoms with Gasteiger partial charge in [-0.3, -0.25) is 4.79 Å². The summed E-state index contributed by atoms with van der Waals surface area (Å²) in [4.78, 5) is 14.7. The second kappa shape index (κ2) is 10.2. The lowest BCUT2D eigenvalue weighted by Crippen LogP contribution is -2.42. The summed E-state index contributed by atoms with van der Waals surface area (Å²) in [6.45, 7) is 6.19. The summed E-state index contributed by atoms with van der Waals surface area (Å²) in [5.74, 6) is 1.75. The maximum absolute atomic E-state index is 12.8. The van der Waals surface area contributed by atoms with E-state index in [0.717, 1.165) is 36.8 Å². The zero-order chi connectivity index (χ0) is 17.7. The van der Waals surface area contributed by atoms with Crippen LogP contribution in [0, 0.1) is 5.92 Å². The summed E-state index contributed by atoms with van der Waals surface area (Å²) in [6.07, 6.45) is 2.82. The minimum atomic E-state index is 0. The first-order chi connectivity index (χ1) is 11.5. The molecule has 1 aromatic carbocycles. The summed E-state index contributed by atoms with van der Waals surface area (Å²) >= 11 is 3.50. The Morgan fingerprint density at radius 3 is 2.56 bits per heavy atom. The molecule has 2 N–H and O–H groups in total. The average molecular weight is 436 g/mol. The van der Waals surface area contributed by atoms with Gasteiger partial charge in [-0.1, -0.05) is 6.92 Å². The molecule has 1 fully saturated rings. The molecule has 0 aliphatic carbocycles. The number of likely N-dealkylation sites (tertiary alicyclic amines) is 1. The molecule has 1 saturated heterocycles. The minimum Gasteiger partial charge on any atom is -0.493 e. The number of rotatable bonds is 6. The minimum absolute atomic E-state index is 0. The highest BCUT2D eigenvalue weighted by molar-refractivity contribution is 9.10. The van der Waals surface area contributed by atoms with E-state index in [9.17, 15) is 4.79 Å². The smallest absolute Gasteiger partial charge is 0.254 e. The van der Waals surface area contributed by atoms with Gasteiger partial charge in [-0.2, -0.15) is 0 Å². The number of carbonyl (C=O) groups excluding carboxylic acids is 1. The number of nitrogens with two attached hydrogens (primary N) is 1. The predicted molar refractivity (Wildman–Crippen MR) is 106 cm³/mol. The van der Waals surface area contributed by atoms with E-state index < -0.39 is 0 Å². The molecule has 1 unspecified atom stereocenters. The molecule has 5 nitrogen and oxygen atoms in total. The fraction of sp³-hybridized carbons (Fsp3) is 0.611. The summed E-state index contributed by atoms with van der Waals surface area (Å²) in [6, 6.07) is 3.76. The quantitative estimate of drug-likeness (QED) is 0.737. The second-order valence-corrected chi connectivity index (χ2v) is 7.18. The molecule has 7 heteroatoms. The highest BCUT2D eigenvalue weighted by Gasteiger charge is 2.26. The van der Waals surface area contributed by atoms with Gasteiger partial charge in [-0.15, -0.1) is 12.4 Å². The van der Waals surface area contributed by atoms with Gasteiger partial charge < -0.3 is 20.1 Å². The van der Waals surface area contributed by atoms with Gasteiger partial charge in [0, 0.05) is 24.7 Å². The molecular formula is C18H28BrClN2O3. The average Bonchev–Trinajstić information content (AvgIpc) is 2.59. The van der Waals surface area contributed by atoms with Gasteiger partial charge in [-0.25, -0.2) is 0 Å². The van der Waals surface area contributed by atoms with E-state index in [0.29, 0.717) is 29.6 Å². The van der Waals surface area contributed by atoms with Crippen LogP contribution in [-0.4, -0.2) is 43.7 Å². The number of hydrogen-bond donors (Lipinski definition) is 1. The van der Waals surface area contributed by atoms with Crippen molar-refractivity contribution in [1.29, 1.82) is 0 Å². The highest BCUT2D eigenvalue weighted by atomic mass is 79.9. The number of methoxy groups -OCH3 is 1. The van der Waals surface area contributed by atoms with Crippen molar-refractivity contribution < 1.29 is 14.3 Å². The van der Waals surface area contributed by atoms with Crippen LogP contribution < -0.4 is 15.2 Å². The number of carbonyl (C=O) groups is 1. The number of amides is 1. The van der Waals surface area contributed by atoms with Crippen LogP contribution >= 0.6 is 28.3 Å². The lowest BCUT2D eigenvalue weighted by molar-refractivity contribution is 0.0680. The van der Waals surface area contributed by atoms with Crippen molar-refractivity contribution >= 4 is 34.2 Å². The molecule has 25 heavy (non-hydrogen) atoms. The molecule has 0 aromatic heterocycles. The molecule has 0 saturated carbocycles. The van der Waals surface area contributed by atoms with Crippen LogP contribution in [-0.2, 0) is 0 Å². The summed E-state index contributed by atoms with van der Waals surface area (Å²) in [7, 11) is 1.59. The lowest BCUT2D eigenvalue weighted by atomic mass is 9.90. The number of hydrogen-bond acceptors (Lipinski definition) is 4. The number of piperidine rings is 1. The Balaban J connectivity index is 0.00000312. The van der Waals surface area contributed by atoms with Crippen molar-refractivity contribution in [3.05, 3.63) is 22.2 Å². The van der Waals surface area contributed by atoms with Gasteiger partial charge in [0.2, 0.25) is 0 Å². The third-order valence-corrected chi connectivity index (χ3v) is 5.09. The third-order valence-electron chi connectivity index (χ3n) is 4.50. The molecule has 0 spiro atoms. The van der Waals surface area contributed by atoms with E-state index in [1.807, 2.05) is 24.8 Å². The van der Waals surface area contributed by atoms with Crippen LogP contribution in [0.2, 0.25) is 0 Å². The van der Waals surface area contributed by atoms with Crippen molar-refractivity contribution in [1.82, 2.24) is 4.90 Å². The van der Waals surface area contributed by atoms with Crippen LogP contribution in [0.1, 0.15) is 43.5 Å². The van der Waals surface area contributed by atoms with Gasteiger partial charge in [0.25, 0.3) is 5.91 Å². The van der Waals surface area contributed by atoms with Gasteiger partial charge in [0.05, 0.1) is 18.2 Å². The Morgan fingerprint density at radius 1 is 1.40 bits per heavy atom. The van der Waals surface area contributed by atoms with E-state index in [1.165, 1.54) is 0 Å². The number of nitrogens with zero attached hydrogens (tertiary/aromatic N) is 1. The largest absolute Gasteiger partial charge is 0.493 e. The fourth-order valence-electron chi connectivity index (χ4n) is 3.00. The van der Waals surface area contributed by atoms with Gasteiger partial charge in [0.15, 0.2) is 11.5 Å². The van der Waals surface area contributed by atoms with E-state index in [2.05, 4.69) is 15.9 Å². The Kier molecular flexibility index (Phi) is 9.03. The van der Waals surface area contributed by atoms with Crippen molar-refractivity contribution in [3.8, 4) is 11.5 Å². The molecule has 0 bridgehead atoms. The van der Waals surface area contributed by atoms with Crippen molar-refractivity contribution in [2.45, 2.75) is 39.2 Å². The molecule has 1 aromatic rings. The first-order valence-electron chi connectivity index (χ1n) is 8.53. The van der Waals surface area contributed by atoms with Gasteiger partial charge >= 0.3 is 0 Å². The fourth-order valence-corrected chi connectivity index (χ4v) is 3.55. The normalized spacial score (nSPS) is 16.1. The van der Waals surface area contributed by atoms with E-state index >= 15 is 0 Å². The topological polar surface area (TPSA) is 64.8 Å². The Labute approximate surface area is 164 Å². The number of halogens is 2. The van der Waals surface area contributed by atoms with Crippen molar-refractivity contribution in [3.63, 3.8) is 0 Å². The lowest BCUT2D eigenvalue weighted by Gasteiger charge is -2.33. The summed E-state index contributed by atoms with van der Waals surface area (Å²) in [5, 5.41) is 0. The SMILES string of the molecule is CCCOc1c(Br)cc(C(=O)N2CCC(C(C)N)CC2)cc1OC.Cl. The predicted octanol–water partition coefficient (Wildman–Crippen LogP) is 3.87. The third kappa shape index (κ3) is 5.50. The molecular weight excluding hydrogens is 408 g/mol. The Bertz CT molecular complexity index is 576. The van der Waals surface area contributed by atoms with Crippen LogP contribution in [0.4, 0.5) is 0 Å². The first-order valence-corrected chi connectivity index (χ1v) is 9.32. The second-order valence-electron chi connectivity index (χ2n) is 6.33. The first kappa shape index (κ1) is 22.1. The van der Waals surface area contributed by atoms with Crippen LogP contribution in [0.15, 0.2) is 16.6 Å². The molecule has 142 valence electrons. The van der Waals surface area contributed by atoms with E-state index in [-0.39, 0.29) is 24.4 Å². The Hall–Kier alpha value is -0.980. The summed E-state index contributed by atoms with van der Waals surface area (Å²) < 4.78 is 11.9.